The lowest BCUT2D eigenvalue weighted by molar-refractivity contribution is -0.385. The highest BCUT2D eigenvalue weighted by Crippen LogP contribution is 2.24. The van der Waals surface area contributed by atoms with Crippen LogP contribution in [-0.4, -0.2) is 4.92 Å². The van der Waals surface area contributed by atoms with Gasteiger partial charge in [0.15, 0.2) is 0 Å². The SMILES string of the molecule is CC(NCc1ccc(Br)cc1[N+](=O)[O-])c1ccc(F)cc1. The monoisotopic (exact) mass is 352 g/mol. The van der Waals surface area contributed by atoms with Crippen molar-refractivity contribution in [1.29, 1.82) is 0 Å². The summed E-state index contributed by atoms with van der Waals surface area (Å²) in [4.78, 5) is 10.6. The molecule has 2 aromatic carbocycles. The third-order valence-electron chi connectivity index (χ3n) is 3.21. The van der Waals surface area contributed by atoms with Gasteiger partial charge in [-0.05, 0) is 36.8 Å². The van der Waals surface area contributed by atoms with Crippen molar-refractivity contribution in [1.82, 2.24) is 5.32 Å². The summed E-state index contributed by atoms with van der Waals surface area (Å²) in [6.07, 6.45) is 0. The lowest BCUT2D eigenvalue weighted by atomic mass is 10.1. The second-order valence-corrected chi connectivity index (χ2v) is 5.60. The molecule has 2 rings (SSSR count). The van der Waals surface area contributed by atoms with Crippen LogP contribution in [0, 0.1) is 15.9 Å². The Hall–Kier alpha value is -1.79. The minimum atomic E-state index is -0.398. The Morgan fingerprint density at radius 2 is 1.95 bits per heavy atom. The molecule has 0 fully saturated rings. The number of hydrogen-bond donors (Lipinski definition) is 1. The molecule has 2 aromatic rings. The van der Waals surface area contributed by atoms with E-state index in [0.29, 0.717) is 16.6 Å². The van der Waals surface area contributed by atoms with Gasteiger partial charge in [0.05, 0.1) is 4.92 Å². The van der Waals surface area contributed by atoms with E-state index < -0.39 is 4.92 Å². The molecule has 110 valence electrons. The second-order valence-electron chi connectivity index (χ2n) is 4.68. The van der Waals surface area contributed by atoms with Crippen LogP contribution in [0.4, 0.5) is 10.1 Å². The minimum absolute atomic E-state index is 0.0335. The van der Waals surface area contributed by atoms with Crippen molar-refractivity contribution in [3.63, 3.8) is 0 Å². The van der Waals surface area contributed by atoms with Crippen LogP contribution < -0.4 is 5.32 Å². The van der Waals surface area contributed by atoms with Crippen molar-refractivity contribution in [2.45, 2.75) is 19.5 Å². The fraction of sp³-hybridized carbons (Fsp3) is 0.200. The maximum absolute atomic E-state index is 12.9. The summed E-state index contributed by atoms with van der Waals surface area (Å²) in [5, 5.41) is 14.2. The van der Waals surface area contributed by atoms with Crippen molar-refractivity contribution in [3.05, 3.63) is 74.0 Å². The molecule has 0 spiro atoms. The van der Waals surface area contributed by atoms with E-state index in [2.05, 4.69) is 21.2 Å². The number of nitrogens with zero attached hydrogens (tertiary/aromatic N) is 1. The van der Waals surface area contributed by atoms with Crippen molar-refractivity contribution in [2.75, 3.05) is 0 Å². The van der Waals surface area contributed by atoms with Gasteiger partial charge < -0.3 is 5.32 Å². The molecule has 0 bridgehead atoms. The van der Waals surface area contributed by atoms with E-state index in [9.17, 15) is 14.5 Å². The van der Waals surface area contributed by atoms with Gasteiger partial charge in [0.25, 0.3) is 5.69 Å². The summed E-state index contributed by atoms with van der Waals surface area (Å²) in [5.74, 6) is -0.283. The zero-order valence-electron chi connectivity index (χ0n) is 11.3. The van der Waals surface area contributed by atoms with Gasteiger partial charge in [-0.15, -0.1) is 0 Å². The van der Waals surface area contributed by atoms with Gasteiger partial charge in [0.2, 0.25) is 0 Å². The van der Waals surface area contributed by atoms with E-state index in [1.165, 1.54) is 18.2 Å². The van der Waals surface area contributed by atoms with Gasteiger partial charge in [0, 0.05) is 28.7 Å². The van der Waals surface area contributed by atoms with E-state index in [0.717, 1.165) is 5.56 Å². The summed E-state index contributed by atoms with van der Waals surface area (Å²) in [6, 6.07) is 11.1. The standard InChI is InChI=1S/C15H14BrFN2O2/c1-10(11-3-6-14(17)7-4-11)18-9-12-2-5-13(16)8-15(12)19(20)21/h2-8,10,18H,9H2,1H3. The van der Waals surface area contributed by atoms with Gasteiger partial charge >= 0.3 is 0 Å². The molecule has 0 saturated carbocycles. The molecule has 1 atom stereocenters. The number of benzene rings is 2. The molecule has 0 radical (unpaired) electrons. The molecule has 0 saturated heterocycles. The van der Waals surface area contributed by atoms with Crippen LogP contribution in [0.3, 0.4) is 0 Å². The van der Waals surface area contributed by atoms with Crippen molar-refractivity contribution < 1.29 is 9.31 Å². The molecule has 1 unspecified atom stereocenters. The van der Waals surface area contributed by atoms with Crippen LogP contribution in [0.25, 0.3) is 0 Å². The largest absolute Gasteiger partial charge is 0.306 e. The molecule has 21 heavy (non-hydrogen) atoms. The molecule has 6 heteroatoms. The Balaban J connectivity index is 2.09. The first-order valence-electron chi connectivity index (χ1n) is 6.39. The van der Waals surface area contributed by atoms with Crippen LogP contribution >= 0.6 is 15.9 Å². The first-order chi connectivity index (χ1) is 9.97. The van der Waals surface area contributed by atoms with Crippen LogP contribution in [0.2, 0.25) is 0 Å². The molecule has 0 amide bonds. The number of rotatable bonds is 5. The van der Waals surface area contributed by atoms with Crippen molar-refractivity contribution in [2.24, 2.45) is 0 Å². The number of nitro benzene ring substituents is 1. The zero-order chi connectivity index (χ0) is 15.4. The van der Waals surface area contributed by atoms with E-state index in [1.54, 1.807) is 24.3 Å². The fourth-order valence-electron chi connectivity index (χ4n) is 1.99. The predicted octanol–water partition coefficient (Wildman–Crippen LogP) is 4.35. The number of hydrogen-bond acceptors (Lipinski definition) is 3. The summed E-state index contributed by atoms with van der Waals surface area (Å²) >= 11 is 3.23. The summed E-state index contributed by atoms with van der Waals surface area (Å²) in [7, 11) is 0. The Morgan fingerprint density at radius 3 is 2.57 bits per heavy atom. The Morgan fingerprint density at radius 1 is 1.29 bits per heavy atom. The van der Waals surface area contributed by atoms with E-state index >= 15 is 0 Å². The minimum Gasteiger partial charge on any atom is -0.306 e. The molecule has 0 aliphatic carbocycles. The molecule has 0 aliphatic rings. The topological polar surface area (TPSA) is 55.2 Å². The van der Waals surface area contributed by atoms with Crippen LogP contribution in [-0.2, 0) is 6.54 Å². The van der Waals surface area contributed by atoms with E-state index in [4.69, 9.17) is 0 Å². The Kier molecular flexibility index (Phi) is 5.03. The Bertz CT molecular complexity index is 647. The first kappa shape index (κ1) is 15.6. The normalized spacial score (nSPS) is 12.1. The Labute approximate surface area is 130 Å². The van der Waals surface area contributed by atoms with Crippen LogP contribution in [0.5, 0.6) is 0 Å². The van der Waals surface area contributed by atoms with Gasteiger partial charge in [-0.3, -0.25) is 10.1 Å². The highest BCUT2D eigenvalue weighted by atomic mass is 79.9. The van der Waals surface area contributed by atoms with Crippen LogP contribution in [0.1, 0.15) is 24.1 Å². The lowest BCUT2D eigenvalue weighted by Crippen LogP contribution is -2.18. The maximum atomic E-state index is 12.9. The average Bonchev–Trinajstić information content (AvgIpc) is 2.46. The quantitative estimate of drug-likeness (QED) is 0.642. The molecule has 0 aromatic heterocycles. The van der Waals surface area contributed by atoms with Gasteiger partial charge in [-0.2, -0.15) is 0 Å². The lowest BCUT2D eigenvalue weighted by Gasteiger charge is -2.14. The highest BCUT2D eigenvalue weighted by Gasteiger charge is 2.15. The molecule has 1 N–H and O–H groups in total. The number of halogens is 2. The zero-order valence-corrected chi connectivity index (χ0v) is 12.9. The van der Waals surface area contributed by atoms with Crippen molar-refractivity contribution >= 4 is 21.6 Å². The van der Waals surface area contributed by atoms with Crippen molar-refractivity contribution in [3.8, 4) is 0 Å². The molecule has 0 heterocycles. The third kappa shape index (κ3) is 4.09. The van der Waals surface area contributed by atoms with E-state index in [-0.39, 0.29) is 17.5 Å². The number of nitro groups is 1. The van der Waals surface area contributed by atoms with Crippen LogP contribution in [0.15, 0.2) is 46.9 Å². The fourth-order valence-corrected chi connectivity index (χ4v) is 2.34. The molecule has 4 nitrogen and oxygen atoms in total. The van der Waals surface area contributed by atoms with Gasteiger partial charge in [0.1, 0.15) is 5.82 Å². The second kappa shape index (κ2) is 6.78. The summed E-state index contributed by atoms with van der Waals surface area (Å²) in [5.41, 5.74) is 1.61. The smallest absolute Gasteiger partial charge is 0.275 e. The summed E-state index contributed by atoms with van der Waals surface area (Å²) < 4.78 is 13.6. The van der Waals surface area contributed by atoms with Gasteiger partial charge in [-0.1, -0.05) is 28.1 Å². The summed E-state index contributed by atoms with van der Waals surface area (Å²) in [6.45, 7) is 2.29. The van der Waals surface area contributed by atoms with E-state index in [1.807, 2.05) is 6.92 Å². The molecular weight excluding hydrogens is 339 g/mol. The highest BCUT2D eigenvalue weighted by molar-refractivity contribution is 9.10. The number of nitrogens with one attached hydrogen (secondary N) is 1. The van der Waals surface area contributed by atoms with Gasteiger partial charge in [-0.25, -0.2) is 4.39 Å². The molecule has 0 aliphatic heterocycles. The average molecular weight is 353 g/mol. The first-order valence-corrected chi connectivity index (χ1v) is 7.18. The maximum Gasteiger partial charge on any atom is 0.275 e. The predicted molar refractivity (Wildman–Crippen MR) is 82.5 cm³/mol. The molecular formula is C15H14BrFN2O2. The third-order valence-corrected chi connectivity index (χ3v) is 3.71.